The summed E-state index contributed by atoms with van der Waals surface area (Å²) in [5, 5.41) is 4.09. The lowest BCUT2D eigenvalue weighted by molar-refractivity contribution is 0.0712. The van der Waals surface area contributed by atoms with Crippen LogP contribution in [-0.4, -0.2) is 53.2 Å². The van der Waals surface area contributed by atoms with Crippen LogP contribution in [0.3, 0.4) is 0 Å². The van der Waals surface area contributed by atoms with Crippen LogP contribution in [0.1, 0.15) is 40.6 Å². The maximum atomic E-state index is 12.6. The summed E-state index contributed by atoms with van der Waals surface area (Å²) in [4.78, 5) is 28.1. The molecule has 1 aliphatic heterocycles. The van der Waals surface area contributed by atoms with Crippen molar-refractivity contribution in [2.75, 3.05) is 13.1 Å². The zero-order valence-corrected chi connectivity index (χ0v) is 15.8. The van der Waals surface area contributed by atoms with Crippen molar-refractivity contribution in [3.05, 3.63) is 48.1 Å². The minimum absolute atomic E-state index is 0.0446. The number of piperidine rings is 1. The van der Waals surface area contributed by atoms with Crippen molar-refractivity contribution >= 4 is 5.91 Å². The Kier molecular flexibility index (Phi) is 4.47. The molecule has 0 saturated carbocycles. The number of hydrogen-bond acceptors (Lipinski definition) is 5. The third-order valence-corrected chi connectivity index (χ3v) is 5.31. The molecule has 27 heavy (non-hydrogen) atoms. The van der Waals surface area contributed by atoms with Gasteiger partial charge in [-0.3, -0.25) is 19.4 Å². The quantitative estimate of drug-likeness (QED) is 0.708. The Morgan fingerprint density at radius 1 is 1.07 bits per heavy atom. The fraction of sp³-hybridized carbons (Fsp3) is 0.421. The number of rotatable bonds is 3. The number of aromatic nitrogens is 6. The molecule has 0 bridgehead atoms. The minimum Gasteiger partial charge on any atom is -0.339 e. The Hall–Kier alpha value is -3.03. The highest BCUT2D eigenvalue weighted by Crippen LogP contribution is 2.33. The molecule has 0 atom stereocenters. The molecule has 0 spiro atoms. The average Bonchev–Trinajstić information content (AvgIpc) is 3.27. The Morgan fingerprint density at radius 3 is 2.44 bits per heavy atom. The molecule has 0 N–H and O–H groups in total. The summed E-state index contributed by atoms with van der Waals surface area (Å²) in [6.07, 6.45) is 10.4. The van der Waals surface area contributed by atoms with E-state index in [1.807, 2.05) is 36.7 Å². The number of nitrogens with zero attached hydrogens (tertiary/aromatic N) is 7. The van der Waals surface area contributed by atoms with Crippen LogP contribution in [0, 0.1) is 6.92 Å². The highest BCUT2D eigenvalue weighted by Gasteiger charge is 2.28. The molecule has 4 rings (SSSR count). The van der Waals surface area contributed by atoms with Gasteiger partial charge in [-0.2, -0.15) is 5.10 Å². The fourth-order valence-corrected chi connectivity index (χ4v) is 3.64. The molecule has 4 heterocycles. The van der Waals surface area contributed by atoms with E-state index < -0.39 is 0 Å². The van der Waals surface area contributed by atoms with Gasteiger partial charge in [0.1, 0.15) is 11.5 Å². The molecule has 0 aromatic carbocycles. The third kappa shape index (κ3) is 3.22. The first-order chi connectivity index (χ1) is 13.0. The lowest BCUT2D eigenvalue weighted by Gasteiger charge is -2.32. The van der Waals surface area contributed by atoms with Gasteiger partial charge in [-0.25, -0.2) is 4.98 Å². The summed E-state index contributed by atoms with van der Waals surface area (Å²) in [5.41, 5.74) is 3.50. The maximum absolute atomic E-state index is 12.6. The number of aryl methyl sites for hydroxylation is 2. The van der Waals surface area contributed by atoms with E-state index >= 15 is 0 Å². The number of carbonyl (C=O) groups is 1. The van der Waals surface area contributed by atoms with Crippen LogP contribution in [0.2, 0.25) is 0 Å². The normalized spacial score (nSPS) is 15.3. The molecule has 1 saturated heterocycles. The second-order valence-electron chi connectivity index (χ2n) is 7.01. The highest BCUT2D eigenvalue weighted by atomic mass is 16.2. The van der Waals surface area contributed by atoms with Crippen molar-refractivity contribution in [3.8, 4) is 11.4 Å². The zero-order chi connectivity index (χ0) is 19.0. The van der Waals surface area contributed by atoms with Gasteiger partial charge < -0.3 is 9.47 Å². The summed E-state index contributed by atoms with van der Waals surface area (Å²) >= 11 is 0. The van der Waals surface area contributed by atoms with Crippen LogP contribution < -0.4 is 0 Å². The van der Waals surface area contributed by atoms with E-state index in [1.54, 1.807) is 29.5 Å². The predicted molar refractivity (Wildman–Crippen MR) is 100 cm³/mol. The standard InChI is InChI=1S/C19H23N7O/c1-13-22-11-16(25(13)3)18-17(20-6-7-21-18)14-4-8-26(9-5-14)19(27)15-10-23-24(2)12-15/h6-7,10-12,14H,4-5,8-9H2,1-3H3. The van der Waals surface area contributed by atoms with Crippen LogP contribution in [0.5, 0.6) is 0 Å². The second kappa shape index (κ2) is 6.94. The SMILES string of the molecule is Cc1ncc(-c2nccnc2C2CCN(C(=O)c3cnn(C)c3)CC2)n1C. The monoisotopic (exact) mass is 365 g/mol. The topological polar surface area (TPSA) is 81.7 Å². The van der Waals surface area contributed by atoms with Crippen LogP contribution in [0.25, 0.3) is 11.4 Å². The van der Waals surface area contributed by atoms with E-state index in [-0.39, 0.29) is 11.8 Å². The van der Waals surface area contributed by atoms with E-state index in [9.17, 15) is 4.79 Å². The van der Waals surface area contributed by atoms with Crippen LogP contribution >= 0.6 is 0 Å². The molecular weight excluding hydrogens is 342 g/mol. The first kappa shape index (κ1) is 17.4. The van der Waals surface area contributed by atoms with Crippen molar-refractivity contribution < 1.29 is 4.79 Å². The van der Waals surface area contributed by atoms with E-state index in [4.69, 9.17) is 0 Å². The van der Waals surface area contributed by atoms with Gasteiger partial charge in [0.05, 0.1) is 29.3 Å². The Labute approximate surface area is 157 Å². The van der Waals surface area contributed by atoms with E-state index in [0.717, 1.165) is 35.7 Å². The highest BCUT2D eigenvalue weighted by molar-refractivity contribution is 5.93. The summed E-state index contributed by atoms with van der Waals surface area (Å²) < 4.78 is 3.69. The number of imidazole rings is 1. The van der Waals surface area contributed by atoms with Gasteiger partial charge in [-0.1, -0.05) is 0 Å². The van der Waals surface area contributed by atoms with E-state index in [0.29, 0.717) is 18.7 Å². The molecular formula is C19H23N7O. The van der Waals surface area contributed by atoms with Crippen LogP contribution in [0.15, 0.2) is 31.0 Å². The van der Waals surface area contributed by atoms with E-state index in [2.05, 4.69) is 20.1 Å². The first-order valence-corrected chi connectivity index (χ1v) is 9.12. The molecule has 3 aromatic rings. The summed E-state index contributed by atoms with van der Waals surface area (Å²) in [6, 6.07) is 0. The second-order valence-corrected chi connectivity index (χ2v) is 7.01. The Bertz CT molecular complexity index is 966. The van der Waals surface area contributed by atoms with Gasteiger partial charge >= 0.3 is 0 Å². The van der Waals surface area contributed by atoms with Crippen molar-refractivity contribution in [2.45, 2.75) is 25.7 Å². The molecule has 140 valence electrons. The number of amides is 1. The number of carbonyl (C=O) groups excluding carboxylic acids is 1. The molecule has 0 aliphatic carbocycles. The average molecular weight is 365 g/mol. The molecule has 0 unspecified atom stereocenters. The van der Waals surface area contributed by atoms with Crippen molar-refractivity contribution in [1.82, 2.24) is 34.2 Å². The summed E-state index contributed by atoms with van der Waals surface area (Å²) in [6.45, 7) is 3.39. The van der Waals surface area contributed by atoms with Crippen LogP contribution in [0.4, 0.5) is 0 Å². The lowest BCUT2D eigenvalue weighted by Crippen LogP contribution is -2.38. The Morgan fingerprint density at radius 2 is 1.81 bits per heavy atom. The van der Waals surface area contributed by atoms with Gasteiger partial charge in [-0.05, 0) is 19.8 Å². The minimum atomic E-state index is 0.0446. The fourth-order valence-electron chi connectivity index (χ4n) is 3.64. The first-order valence-electron chi connectivity index (χ1n) is 9.12. The van der Waals surface area contributed by atoms with Crippen molar-refractivity contribution in [1.29, 1.82) is 0 Å². The molecule has 3 aromatic heterocycles. The van der Waals surface area contributed by atoms with Gasteiger partial charge in [0.15, 0.2) is 0 Å². The van der Waals surface area contributed by atoms with Gasteiger partial charge in [0, 0.05) is 51.7 Å². The van der Waals surface area contributed by atoms with Gasteiger partial charge in [-0.15, -0.1) is 0 Å². The van der Waals surface area contributed by atoms with E-state index in [1.165, 1.54) is 0 Å². The smallest absolute Gasteiger partial charge is 0.257 e. The third-order valence-electron chi connectivity index (χ3n) is 5.31. The predicted octanol–water partition coefficient (Wildman–Crippen LogP) is 1.94. The summed E-state index contributed by atoms with van der Waals surface area (Å²) in [7, 11) is 3.81. The number of likely N-dealkylation sites (tertiary alicyclic amines) is 1. The molecule has 0 radical (unpaired) electrons. The van der Waals surface area contributed by atoms with Gasteiger partial charge in [0.25, 0.3) is 5.91 Å². The van der Waals surface area contributed by atoms with Crippen molar-refractivity contribution in [3.63, 3.8) is 0 Å². The number of hydrogen-bond donors (Lipinski definition) is 0. The largest absolute Gasteiger partial charge is 0.339 e. The maximum Gasteiger partial charge on any atom is 0.257 e. The lowest BCUT2D eigenvalue weighted by atomic mass is 9.91. The zero-order valence-electron chi connectivity index (χ0n) is 15.8. The molecule has 1 amide bonds. The van der Waals surface area contributed by atoms with Crippen LogP contribution in [-0.2, 0) is 14.1 Å². The Balaban J connectivity index is 1.52. The molecule has 1 aliphatic rings. The van der Waals surface area contributed by atoms with Crippen molar-refractivity contribution in [2.24, 2.45) is 14.1 Å². The molecule has 1 fully saturated rings. The molecule has 8 nitrogen and oxygen atoms in total. The van der Waals surface area contributed by atoms with Gasteiger partial charge in [0.2, 0.25) is 0 Å². The molecule has 8 heteroatoms. The summed E-state index contributed by atoms with van der Waals surface area (Å²) in [5.74, 6) is 1.27.